The average molecular weight is 699 g/mol. The standard InChI is InChI=1S/C53H34N2/c1-3-15-35(16-4-1)37-19-13-21-39(31-37)50-34-51(40-22-14-20-38(32-40)36-17-5-2-6-18-36)55-52(54-50)41-29-30-49-45(33-41)44-25-9-12-28-48(44)53(49)46-26-10-7-23-42(46)43-24-8-11-27-47(43)53/h1-34H. The Bertz CT molecular complexity index is 2780. The topological polar surface area (TPSA) is 25.8 Å². The minimum atomic E-state index is -0.388. The lowest BCUT2D eigenvalue weighted by Gasteiger charge is -2.30. The average Bonchev–Trinajstić information content (AvgIpc) is 3.74. The van der Waals surface area contributed by atoms with Gasteiger partial charge in [-0.25, -0.2) is 9.97 Å². The smallest absolute Gasteiger partial charge is 0.160 e. The third-order valence-corrected chi connectivity index (χ3v) is 11.5. The van der Waals surface area contributed by atoms with Crippen LogP contribution in [-0.4, -0.2) is 9.97 Å². The zero-order valence-corrected chi connectivity index (χ0v) is 30.0. The van der Waals surface area contributed by atoms with E-state index in [2.05, 4.69) is 206 Å². The van der Waals surface area contributed by atoms with Gasteiger partial charge in [0.05, 0.1) is 16.8 Å². The highest BCUT2D eigenvalue weighted by Crippen LogP contribution is 2.62. The van der Waals surface area contributed by atoms with Crippen LogP contribution in [0.5, 0.6) is 0 Å². The van der Waals surface area contributed by atoms with Crippen molar-refractivity contribution in [2.24, 2.45) is 0 Å². The predicted molar refractivity (Wildman–Crippen MR) is 226 cm³/mol. The van der Waals surface area contributed by atoms with Gasteiger partial charge in [-0.1, -0.05) is 182 Å². The van der Waals surface area contributed by atoms with Gasteiger partial charge >= 0.3 is 0 Å². The first-order valence-electron chi connectivity index (χ1n) is 18.9. The molecule has 1 spiro atoms. The van der Waals surface area contributed by atoms with Crippen LogP contribution in [0.1, 0.15) is 22.3 Å². The summed E-state index contributed by atoms with van der Waals surface area (Å²) in [5.41, 5.74) is 19.6. The van der Waals surface area contributed by atoms with Gasteiger partial charge in [-0.2, -0.15) is 0 Å². The second kappa shape index (κ2) is 12.5. The summed E-state index contributed by atoms with van der Waals surface area (Å²) in [6.07, 6.45) is 0. The van der Waals surface area contributed by atoms with E-state index in [9.17, 15) is 0 Å². The zero-order valence-electron chi connectivity index (χ0n) is 30.0. The zero-order chi connectivity index (χ0) is 36.3. The van der Waals surface area contributed by atoms with Gasteiger partial charge in [-0.05, 0) is 91.0 Å². The monoisotopic (exact) mass is 698 g/mol. The Morgan fingerprint density at radius 1 is 0.255 bits per heavy atom. The van der Waals surface area contributed by atoms with Crippen LogP contribution >= 0.6 is 0 Å². The predicted octanol–water partition coefficient (Wildman–Crippen LogP) is 13.2. The molecular weight excluding hydrogens is 665 g/mol. The first-order valence-corrected chi connectivity index (χ1v) is 18.9. The van der Waals surface area contributed by atoms with Crippen molar-refractivity contribution in [1.29, 1.82) is 0 Å². The number of benzene rings is 8. The molecule has 0 N–H and O–H groups in total. The third-order valence-electron chi connectivity index (χ3n) is 11.5. The molecule has 2 nitrogen and oxygen atoms in total. The summed E-state index contributed by atoms with van der Waals surface area (Å²) in [5.74, 6) is 0.705. The molecule has 2 aliphatic rings. The third kappa shape index (κ3) is 4.89. The second-order valence-electron chi connectivity index (χ2n) is 14.5. The summed E-state index contributed by atoms with van der Waals surface area (Å²) in [4.78, 5) is 10.7. The van der Waals surface area contributed by atoms with E-state index in [-0.39, 0.29) is 5.41 Å². The Kier molecular flexibility index (Phi) is 7.11. The maximum absolute atomic E-state index is 5.35. The second-order valence-corrected chi connectivity index (χ2v) is 14.5. The van der Waals surface area contributed by atoms with Crippen molar-refractivity contribution in [3.63, 3.8) is 0 Å². The van der Waals surface area contributed by atoms with Gasteiger partial charge in [0.25, 0.3) is 0 Å². The highest BCUT2D eigenvalue weighted by Gasteiger charge is 2.51. The highest BCUT2D eigenvalue weighted by atomic mass is 14.9. The van der Waals surface area contributed by atoms with Crippen LogP contribution in [0.3, 0.4) is 0 Å². The molecule has 0 unspecified atom stereocenters. The van der Waals surface area contributed by atoms with Crippen LogP contribution in [0.15, 0.2) is 206 Å². The largest absolute Gasteiger partial charge is 0.228 e. The quantitative estimate of drug-likeness (QED) is 0.179. The molecule has 0 saturated heterocycles. The van der Waals surface area contributed by atoms with Crippen LogP contribution in [0.4, 0.5) is 0 Å². The Labute approximate surface area is 321 Å². The molecule has 1 aromatic heterocycles. The van der Waals surface area contributed by atoms with Crippen molar-refractivity contribution >= 4 is 0 Å². The molecule has 11 rings (SSSR count). The molecule has 55 heavy (non-hydrogen) atoms. The van der Waals surface area contributed by atoms with E-state index in [0.717, 1.165) is 39.2 Å². The van der Waals surface area contributed by atoms with Crippen LogP contribution in [0.25, 0.3) is 78.4 Å². The van der Waals surface area contributed by atoms with Gasteiger partial charge in [0.1, 0.15) is 0 Å². The van der Waals surface area contributed by atoms with Crippen molar-refractivity contribution in [3.8, 4) is 78.4 Å². The molecule has 9 aromatic rings. The molecule has 0 radical (unpaired) electrons. The summed E-state index contributed by atoms with van der Waals surface area (Å²) < 4.78 is 0. The number of rotatable bonds is 5. The summed E-state index contributed by atoms with van der Waals surface area (Å²) >= 11 is 0. The van der Waals surface area contributed by atoms with E-state index in [4.69, 9.17) is 9.97 Å². The molecule has 256 valence electrons. The summed E-state index contributed by atoms with van der Waals surface area (Å²) in [7, 11) is 0. The molecular formula is C53H34N2. The van der Waals surface area contributed by atoms with E-state index < -0.39 is 0 Å². The van der Waals surface area contributed by atoms with Crippen LogP contribution in [0, 0.1) is 0 Å². The molecule has 0 fully saturated rings. The van der Waals surface area contributed by atoms with Gasteiger partial charge in [0, 0.05) is 16.7 Å². The first kappa shape index (κ1) is 31.4. The number of hydrogen-bond donors (Lipinski definition) is 0. The minimum Gasteiger partial charge on any atom is -0.228 e. The number of fused-ring (bicyclic) bond motifs is 10. The Balaban J connectivity index is 1.11. The van der Waals surface area contributed by atoms with Gasteiger partial charge in [0.2, 0.25) is 0 Å². The lowest BCUT2D eigenvalue weighted by atomic mass is 9.70. The Morgan fingerprint density at radius 3 is 1.16 bits per heavy atom. The van der Waals surface area contributed by atoms with Crippen LogP contribution in [-0.2, 0) is 5.41 Å². The van der Waals surface area contributed by atoms with Gasteiger partial charge in [-0.15, -0.1) is 0 Å². The van der Waals surface area contributed by atoms with E-state index >= 15 is 0 Å². The van der Waals surface area contributed by atoms with Crippen molar-refractivity contribution in [1.82, 2.24) is 9.97 Å². The number of nitrogens with zero attached hydrogens (tertiary/aromatic N) is 2. The summed E-state index contributed by atoms with van der Waals surface area (Å²) in [5, 5.41) is 0. The SMILES string of the molecule is c1ccc(-c2cccc(-c3cc(-c4cccc(-c5ccccc5)c4)nc(-c4ccc5c(c4)-c4ccccc4C54c5ccccc5-c5ccccc54)n3)c2)cc1. The molecule has 0 aliphatic heterocycles. The summed E-state index contributed by atoms with van der Waals surface area (Å²) in [6.45, 7) is 0. The lowest BCUT2D eigenvalue weighted by Crippen LogP contribution is -2.25. The van der Waals surface area contributed by atoms with E-state index in [1.165, 1.54) is 55.6 Å². The van der Waals surface area contributed by atoms with Crippen molar-refractivity contribution in [2.75, 3.05) is 0 Å². The minimum absolute atomic E-state index is 0.388. The van der Waals surface area contributed by atoms with Gasteiger partial charge in [0.15, 0.2) is 5.82 Å². The van der Waals surface area contributed by atoms with Crippen molar-refractivity contribution < 1.29 is 0 Å². The molecule has 8 aromatic carbocycles. The number of aromatic nitrogens is 2. The highest BCUT2D eigenvalue weighted by molar-refractivity contribution is 5.96. The maximum Gasteiger partial charge on any atom is 0.160 e. The van der Waals surface area contributed by atoms with Crippen molar-refractivity contribution in [3.05, 3.63) is 229 Å². The molecule has 2 aliphatic carbocycles. The summed E-state index contributed by atoms with van der Waals surface area (Å²) in [6, 6.07) is 74.3. The van der Waals surface area contributed by atoms with Crippen LogP contribution < -0.4 is 0 Å². The van der Waals surface area contributed by atoms with E-state index in [1.54, 1.807) is 0 Å². The van der Waals surface area contributed by atoms with E-state index in [1.807, 2.05) is 0 Å². The first-order chi connectivity index (χ1) is 27.3. The van der Waals surface area contributed by atoms with E-state index in [0.29, 0.717) is 5.82 Å². The molecule has 0 saturated carbocycles. The molecule has 0 amide bonds. The fourth-order valence-corrected chi connectivity index (χ4v) is 9.09. The molecule has 2 heteroatoms. The maximum atomic E-state index is 5.35. The lowest BCUT2D eigenvalue weighted by molar-refractivity contribution is 0.794. The molecule has 0 bridgehead atoms. The fourth-order valence-electron chi connectivity index (χ4n) is 9.09. The van der Waals surface area contributed by atoms with Gasteiger partial charge < -0.3 is 0 Å². The van der Waals surface area contributed by atoms with Crippen LogP contribution in [0.2, 0.25) is 0 Å². The normalized spacial score (nSPS) is 12.9. The van der Waals surface area contributed by atoms with Crippen molar-refractivity contribution in [2.45, 2.75) is 5.41 Å². The molecule has 1 heterocycles. The number of hydrogen-bond acceptors (Lipinski definition) is 2. The molecule has 0 atom stereocenters. The van der Waals surface area contributed by atoms with Gasteiger partial charge in [-0.3, -0.25) is 0 Å². The Morgan fingerprint density at radius 2 is 0.655 bits per heavy atom. The fraction of sp³-hybridized carbons (Fsp3) is 0.0189. The Hall–Kier alpha value is -7.16.